The van der Waals surface area contributed by atoms with Gasteiger partial charge in [-0.1, -0.05) is 19.6 Å². The third-order valence-electron chi connectivity index (χ3n) is 4.04. The van der Waals surface area contributed by atoms with Crippen molar-refractivity contribution in [1.82, 2.24) is 9.78 Å². The third kappa shape index (κ3) is 5.55. The quantitative estimate of drug-likeness (QED) is 0.536. The molecule has 0 aromatic carbocycles. The molecule has 0 amide bonds. The van der Waals surface area contributed by atoms with Crippen molar-refractivity contribution in [3.63, 3.8) is 0 Å². The molecule has 1 aromatic heterocycles. The van der Waals surface area contributed by atoms with Gasteiger partial charge >= 0.3 is 6.18 Å². The van der Waals surface area contributed by atoms with Crippen molar-refractivity contribution in [2.45, 2.75) is 51.1 Å². The first-order valence-corrected chi connectivity index (χ1v) is 11.9. The summed E-state index contributed by atoms with van der Waals surface area (Å²) in [4.78, 5) is 12.2. The number of aliphatic hydroxyl groups is 1. The lowest BCUT2D eigenvalue weighted by Crippen LogP contribution is -2.33. The van der Waals surface area contributed by atoms with Crippen molar-refractivity contribution in [1.29, 1.82) is 0 Å². The lowest BCUT2D eigenvalue weighted by molar-refractivity contribution is -0.138. The van der Waals surface area contributed by atoms with Crippen LogP contribution in [0, 0.1) is 5.92 Å². The molecule has 142 valence electrons. The maximum Gasteiger partial charge on any atom is 0.423 e. The van der Waals surface area contributed by atoms with E-state index in [1.54, 1.807) is 0 Å². The van der Waals surface area contributed by atoms with Gasteiger partial charge in [0.2, 0.25) is 0 Å². The van der Waals surface area contributed by atoms with Crippen LogP contribution < -0.4 is 10.9 Å². The van der Waals surface area contributed by atoms with Gasteiger partial charge in [-0.2, -0.15) is 18.3 Å². The predicted molar refractivity (Wildman–Crippen MR) is 90.2 cm³/mol. The Balaban J connectivity index is 2.13. The minimum Gasteiger partial charge on any atom is -0.396 e. The van der Waals surface area contributed by atoms with Gasteiger partial charge in [0.1, 0.15) is 12.3 Å². The molecule has 0 spiro atoms. The number of alkyl halides is 3. The number of nitrogens with zero attached hydrogens (tertiary/aromatic N) is 2. The molecule has 0 unspecified atom stereocenters. The van der Waals surface area contributed by atoms with E-state index in [0.717, 1.165) is 12.2 Å². The fraction of sp³-hybridized carbons (Fsp3) is 0.733. The van der Waals surface area contributed by atoms with E-state index in [1.807, 2.05) is 0 Å². The van der Waals surface area contributed by atoms with Crippen molar-refractivity contribution in [3.8, 4) is 0 Å². The number of anilines is 1. The van der Waals surface area contributed by atoms with Crippen molar-refractivity contribution in [3.05, 3.63) is 22.1 Å². The Bertz CT molecular complexity index is 658. The van der Waals surface area contributed by atoms with Crippen molar-refractivity contribution >= 4 is 13.8 Å². The van der Waals surface area contributed by atoms with E-state index in [9.17, 15) is 18.0 Å². The van der Waals surface area contributed by atoms with E-state index in [2.05, 4.69) is 30.1 Å². The maximum absolute atomic E-state index is 13.3. The summed E-state index contributed by atoms with van der Waals surface area (Å²) in [5.74, 6) is -0.0894. The Hall–Kier alpha value is -1.39. The summed E-state index contributed by atoms with van der Waals surface area (Å²) in [5, 5.41) is 15.4. The largest absolute Gasteiger partial charge is 0.423 e. The summed E-state index contributed by atoms with van der Waals surface area (Å²) in [7, 11) is -1.32. The number of aromatic nitrogens is 2. The average molecular weight is 379 g/mol. The summed E-state index contributed by atoms with van der Waals surface area (Å²) in [5.41, 5.74) is -2.86. The molecule has 1 saturated carbocycles. The zero-order chi connectivity index (χ0) is 18.8. The van der Waals surface area contributed by atoms with Gasteiger partial charge in [-0.25, -0.2) is 4.68 Å². The predicted octanol–water partition coefficient (Wildman–Crippen LogP) is 2.37. The first-order chi connectivity index (χ1) is 11.5. The molecular formula is C15H24F3N3O3Si. The summed E-state index contributed by atoms with van der Waals surface area (Å²) < 4.78 is 46.0. The van der Waals surface area contributed by atoms with Gasteiger partial charge in [0.05, 0.1) is 11.9 Å². The smallest absolute Gasteiger partial charge is 0.396 e. The average Bonchev–Trinajstić information content (AvgIpc) is 3.21. The summed E-state index contributed by atoms with van der Waals surface area (Å²) in [6.45, 7) is 6.43. The van der Waals surface area contributed by atoms with Crippen LogP contribution in [0.3, 0.4) is 0 Å². The highest BCUT2D eigenvalue weighted by atomic mass is 28.3. The van der Waals surface area contributed by atoms with E-state index < -0.39 is 25.4 Å². The molecule has 1 fully saturated rings. The molecule has 0 bridgehead atoms. The Morgan fingerprint density at radius 2 is 2.12 bits per heavy atom. The highest BCUT2D eigenvalue weighted by Crippen LogP contribution is 2.37. The summed E-state index contributed by atoms with van der Waals surface area (Å²) >= 11 is 0. The molecule has 6 nitrogen and oxygen atoms in total. The van der Waals surface area contributed by atoms with E-state index in [4.69, 9.17) is 9.84 Å². The van der Waals surface area contributed by atoms with Crippen molar-refractivity contribution in [2.75, 3.05) is 18.5 Å². The standard InChI is InChI=1S/C15H24F3N3O3Si/c1-25(2,3)5-4-24-9-21-14(23)13(15(16,17)18)12(7-19-21)20-11-6-10(11)8-22/h7,10-11,20,22H,4-6,8-9H2,1-3H3/t10-,11+/m0/s1. The molecule has 2 atom stereocenters. The molecule has 2 N–H and O–H groups in total. The Labute approximate surface area is 145 Å². The maximum atomic E-state index is 13.3. The molecular weight excluding hydrogens is 355 g/mol. The fourth-order valence-electron chi connectivity index (χ4n) is 2.32. The van der Waals surface area contributed by atoms with Crippen LogP contribution in [0.5, 0.6) is 0 Å². The van der Waals surface area contributed by atoms with Gasteiger partial charge in [-0.15, -0.1) is 0 Å². The number of ether oxygens (including phenoxy) is 1. The van der Waals surface area contributed by atoms with Gasteiger partial charge < -0.3 is 15.2 Å². The molecule has 0 aliphatic heterocycles. The number of nitrogens with one attached hydrogen (secondary N) is 1. The lowest BCUT2D eigenvalue weighted by atomic mass is 10.2. The molecule has 0 saturated heterocycles. The SMILES string of the molecule is C[Si](C)(C)CCOCn1ncc(N[C@@H]2C[C@H]2CO)c(C(F)(F)F)c1=O. The number of hydrogen-bond donors (Lipinski definition) is 2. The minimum absolute atomic E-state index is 0.0894. The Kier molecular flexibility index (Phi) is 5.95. The topological polar surface area (TPSA) is 76.4 Å². The molecule has 0 radical (unpaired) electrons. The molecule has 2 rings (SSSR count). The molecule has 1 aliphatic rings. The van der Waals surface area contributed by atoms with Gasteiger partial charge in [0.25, 0.3) is 5.56 Å². The Morgan fingerprint density at radius 1 is 1.44 bits per heavy atom. The second-order valence-corrected chi connectivity index (χ2v) is 13.1. The van der Waals surface area contributed by atoms with E-state index >= 15 is 0 Å². The number of halogens is 3. The first-order valence-electron chi connectivity index (χ1n) is 8.15. The first kappa shape index (κ1) is 19.9. The van der Waals surface area contributed by atoms with Gasteiger partial charge in [-0.3, -0.25) is 4.79 Å². The van der Waals surface area contributed by atoms with Crippen LogP contribution in [-0.2, 0) is 17.6 Å². The monoisotopic (exact) mass is 379 g/mol. The zero-order valence-corrected chi connectivity index (χ0v) is 15.6. The number of rotatable bonds is 8. The number of hydrogen-bond acceptors (Lipinski definition) is 5. The van der Waals surface area contributed by atoms with Crippen LogP contribution in [0.15, 0.2) is 11.0 Å². The van der Waals surface area contributed by atoms with Crippen LogP contribution in [0.2, 0.25) is 25.7 Å². The lowest BCUT2D eigenvalue weighted by Gasteiger charge is -2.17. The van der Waals surface area contributed by atoms with Gasteiger partial charge in [0.15, 0.2) is 0 Å². The highest BCUT2D eigenvalue weighted by molar-refractivity contribution is 6.76. The second-order valence-electron chi connectivity index (χ2n) is 7.51. The zero-order valence-electron chi connectivity index (χ0n) is 14.6. The van der Waals surface area contributed by atoms with Crippen molar-refractivity contribution < 1.29 is 23.0 Å². The van der Waals surface area contributed by atoms with Crippen LogP contribution in [-0.4, -0.2) is 42.2 Å². The fourth-order valence-corrected chi connectivity index (χ4v) is 3.08. The Morgan fingerprint density at radius 3 is 2.64 bits per heavy atom. The summed E-state index contributed by atoms with van der Waals surface area (Å²) in [6, 6.07) is 0.578. The van der Waals surface area contributed by atoms with Crippen LogP contribution >= 0.6 is 0 Å². The molecule has 25 heavy (non-hydrogen) atoms. The minimum atomic E-state index is -4.80. The molecule has 1 heterocycles. The normalized spacial score (nSPS) is 20.6. The van der Waals surface area contributed by atoms with Gasteiger partial charge in [-0.05, 0) is 12.5 Å². The van der Waals surface area contributed by atoms with Crippen LogP contribution in [0.4, 0.5) is 18.9 Å². The molecule has 1 aromatic rings. The van der Waals surface area contributed by atoms with E-state index in [0.29, 0.717) is 17.7 Å². The van der Waals surface area contributed by atoms with E-state index in [-0.39, 0.29) is 31.0 Å². The third-order valence-corrected chi connectivity index (χ3v) is 5.74. The molecule has 10 heteroatoms. The summed E-state index contributed by atoms with van der Waals surface area (Å²) in [6.07, 6.45) is -3.23. The van der Waals surface area contributed by atoms with E-state index in [1.165, 1.54) is 0 Å². The van der Waals surface area contributed by atoms with Crippen LogP contribution in [0.1, 0.15) is 12.0 Å². The van der Waals surface area contributed by atoms with Crippen LogP contribution in [0.25, 0.3) is 0 Å². The van der Waals surface area contributed by atoms with Crippen molar-refractivity contribution in [2.24, 2.45) is 5.92 Å². The molecule has 1 aliphatic carbocycles. The second kappa shape index (κ2) is 7.46. The highest BCUT2D eigenvalue weighted by Gasteiger charge is 2.42. The number of aliphatic hydroxyl groups excluding tert-OH is 1. The van der Waals surface area contributed by atoms with Gasteiger partial charge in [0, 0.05) is 33.2 Å².